The topological polar surface area (TPSA) is 104 Å². The second-order valence-corrected chi connectivity index (χ2v) is 5.37. The van der Waals surface area contributed by atoms with E-state index >= 15 is 0 Å². The average molecular weight is 377 g/mol. The Morgan fingerprint density at radius 3 is 2.96 bits per heavy atom. The van der Waals surface area contributed by atoms with Gasteiger partial charge in [-0.2, -0.15) is 15.3 Å². The van der Waals surface area contributed by atoms with Crippen molar-refractivity contribution in [1.29, 1.82) is 5.26 Å². The van der Waals surface area contributed by atoms with Crippen molar-refractivity contribution in [3.8, 4) is 17.6 Å². The predicted molar refractivity (Wildman–Crippen MR) is 89.5 cm³/mol. The molecule has 1 heterocycles. The molecule has 0 saturated carbocycles. The lowest BCUT2D eigenvalue weighted by molar-refractivity contribution is 0.372. The van der Waals surface area contributed by atoms with Crippen LogP contribution < -0.4 is 10.2 Å². The van der Waals surface area contributed by atoms with Crippen LogP contribution in [0.15, 0.2) is 32.7 Å². The molecule has 0 spiro atoms. The summed E-state index contributed by atoms with van der Waals surface area (Å²) >= 11 is 3.22. The molecule has 0 bridgehead atoms. The summed E-state index contributed by atoms with van der Waals surface area (Å²) in [5.41, 5.74) is 3.97. The number of phenols is 1. The molecule has 0 fully saturated rings. The first-order valence-electron chi connectivity index (χ1n) is 6.38. The Labute approximate surface area is 141 Å². The normalized spacial score (nSPS) is 10.5. The van der Waals surface area contributed by atoms with Crippen LogP contribution in [0.2, 0.25) is 0 Å². The minimum absolute atomic E-state index is 0.00529. The number of nitrogens with zero attached hydrogens (tertiary/aromatic N) is 3. The van der Waals surface area contributed by atoms with Gasteiger partial charge >= 0.3 is 0 Å². The maximum atomic E-state index is 9.75. The van der Waals surface area contributed by atoms with E-state index in [0.29, 0.717) is 21.4 Å². The highest BCUT2D eigenvalue weighted by atomic mass is 79.9. The Bertz CT molecular complexity index is 821. The molecule has 0 unspecified atom stereocenters. The smallest absolute Gasteiger partial charge is 0.252 e. The Morgan fingerprint density at radius 2 is 2.35 bits per heavy atom. The summed E-state index contributed by atoms with van der Waals surface area (Å²) < 4.78 is 10.9. The molecule has 0 amide bonds. The molecule has 23 heavy (non-hydrogen) atoms. The summed E-state index contributed by atoms with van der Waals surface area (Å²) in [6.45, 7) is 5.43. The van der Waals surface area contributed by atoms with Crippen molar-refractivity contribution in [2.75, 3.05) is 12.5 Å². The van der Waals surface area contributed by atoms with Crippen molar-refractivity contribution in [3.05, 3.63) is 40.3 Å². The molecule has 0 aliphatic rings. The van der Waals surface area contributed by atoms with Crippen LogP contribution >= 0.6 is 15.9 Å². The highest BCUT2D eigenvalue weighted by Gasteiger charge is 2.12. The number of halogens is 1. The fraction of sp³-hybridized carbons (Fsp3) is 0.133. The summed E-state index contributed by atoms with van der Waals surface area (Å²) in [5.74, 6) is 0.716. The molecule has 1 aromatic carbocycles. The van der Waals surface area contributed by atoms with Gasteiger partial charge in [0.05, 0.1) is 17.8 Å². The highest BCUT2D eigenvalue weighted by Crippen LogP contribution is 2.34. The second-order valence-electron chi connectivity index (χ2n) is 4.51. The van der Waals surface area contributed by atoms with Crippen molar-refractivity contribution in [2.24, 2.45) is 5.10 Å². The van der Waals surface area contributed by atoms with Crippen LogP contribution in [-0.2, 0) is 0 Å². The average Bonchev–Trinajstić information content (AvgIpc) is 2.94. The van der Waals surface area contributed by atoms with E-state index in [1.165, 1.54) is 13.3 Å². The SMILES string of the molecule is C=C(C)c1nc(C#N)c(N/N=C\c2cc(Br)c(O)c(OC)c2)o1. The molecule has 7 nitrogen and oxygen atoms in total. The quantitative estimate of drug-likeness (QED) is 0.611. The van der Waals surface area contributed by atoms with Crippen LogP contribution in [-0.4, -0.2) is 23.4 Å². The highest BCUT2D eigenvalue weighted by molar-refractivity contribution is 9.10. The minimum atomic E-state index is 0.00529. The monoisotopic (exact) mass is 376 g/mol. The van der Waals surface area contributed by atoms with Gasteiger partial charge in [0.25, 0.3) is 5.88 Å². The summed E-state index contributed by atoms with van der Waals surface area (Å²) in [6.07, 6.45) is 1.48. The molecule has 2 N–H and O–H groups in total. The first-order chi connectivity index (χ1) is 11.0. The van der Waals surface area contributed by atoms with Crippen LogP contribution in [0.1, 0.15) is 24.1 Å². The first kappa shape index (κ1) is 16.6. The Morgan fingerprint density at radius 1 is 1.61 bits per heavy atom. The molecule has 0 atom stereocenters. The number of ether oxygens (including phenoxy) is 1. The van der Waals surface area contributed by atoms with E-state index in [2.05, 4.69) is 38.0 Å². The number of anilines is 1. The fourth-order valence-corrected chi connectivity index (χ4v) is 2.10. The van der Waals surface area contributed by atoms with E-state index < -0.39 is 0 Å². The van der Waals surface area contributed by atoms with Gasteiger partial charge in [-0.15, -0.1) is 0 Å². The van der Waals surface area contributed by atoms with E-state index in [1.54, 1.807) is 19.1 Å². The van der Waals surface area contributed by atoms with E-state index in [9.17, 15) is 5.11 Å². The Kier molecular flexibility index (Phi) is 5.03. The zero-order valence-corrected chi connectivity index (χ0v) is 14.0. The van der Waals surface area contributed by atoms with Crippen molar-refractivity contribution in [2.45, 2.75) is 6.92 Å². The number of oxazole rings is 1. The molecule has 0 saturated heterocycles. The Balaban J connectivity index is 2.21. The molecular weight excluding hydrogens is 364 g/mol. The predicted octanol–water partition coefficient (Wildman–Crippen LogP) is 3.50. The number of allylic oxidation sites excluding steroid dienone is 1. The maximum Gasteiger partial charge on any atom is 0.252 e. The van der Waals surface area contributed by atoms with Gasteiger partial charge in [0.15, 0.2) is 11.5 Å². The van der Waals surface area contributed by atoms with Gasteiger partial charge in [-0.1, -0.05) is 6.58 Å². The first-order valence-corrected chi connectivity index (χ1v) is 7.18. The number of benzene rings is 1. The number of nitriles is 1. The Hall–Kier alpha value is -2.79. The number of aromatic nitrogens is 1. The van der Waals surface area contributed by atoms with Gasteiger partial charge < -0.3 is 14.3 Å². The number of nitrogens with one attached hydrogen (secondary N) is 1. The van der Waals surface area contributed by atoms with E-state index in [0.717, 1.165) is 0 Å². The molecule has 8 heteroatoms. The van der Waals surface area contributed by atoms with Crippen LogP contribution in [0.25, 0.3) is 5.57 Å². The third-order valence-electron chi connectivity index (χ3n) is 2.75. The van der Waals surface area contributed by atoms with Gasteiger partial charge in [-0.05, 0) is 40.5 Å². The number of methoxy groups -OCH3 is 1. The van der Waals surface area contributed by atoms with Crippen molar-refractivity contribution in [3.63, 3.8) is 0 Å². The lowest BCUT2D eigenvalue weighted by Gasteiger charge is -2.06. The summed E-state index contributed by atoms with van der Waals surface area (Å²) in [5, 5.41) is 22.8. The number of rotatable bonds is 5. The minimum Gasteiger partial charge on any atom is -0.503 e. The molecule has 0 aliphatic carbocycles. The largest absolute Gasteiger partial charge is 0.503 e. The van der Waals surface area contributed by atoms with E-state index in [-0.39, 0.29) is 23.2 Å². The summed E-state index contributed by atoms with van der Waals surface area (Å²) in [7, 11) is 1.45. The molecule has 118 valence electrons. The molecule has 0 radical (unpaired) electrons. The standard InChI is InChI=1S/C15H13BrN4O3/c1-8(2)14-19-11(6-17)15(23-14)20-18-7-9-4-10(16)13(21)12(5-9)22-3/h4-5,7,20-21H,1H2,2-3H3/b18-7-. The van der Waals surface area contributed by atoms with Crippen LogP contribution in [0.5, 0.6) is 11.5 Å². The second kappa shape index (κ2) is 6.98. The lowest BCUT2D eigenvalue weighted by Crippen LogP contribution is -1.93. The molecular formula is C15H13BrN4O3. The third kappa shape index (κ3) is 3.70. The lowest BCUT2D eigenvalue weighted by atomic mass is 10.2. The van der Waals surface area contributed by atoms with Gasteiger partial charge in [0.2, 0.25) is 11.6 Å². The fourth-order valence-electron chi connectivity index (χ4n) is 1.64. The van der Waals surface area contributed by atoms with Gasteiger partial charge in [0, 0.05) is 5.57 Å². The molecule has 1 aromatic heterocycles. The molecule has 2 aromatic rings. The summed E-state index contributed by atoms with van der Waals surface area (Å²) in [6, 6.07) is 5.18. The number of phenolic OH excluding ortho intramolecular Hbond substituents is 1. The van der Waals surface area contributed by atoms with E-state index in [1.807, 2.05) is 6.07 Å². The zero-order chi connectivity index (χ0) is 17.0. The maximum absolute atomic E-state index is 9.75. The third-order valence-corrected chi connectivity index (χ3v) is 3.35. The van der Waals surface area contributed by atoms with Crippen molar-refractivity contribution >= 4 is 33.6 Å². The number of aromatic hydroxyl groups is 1. The zero-order valence-electron chi connectivity index (χ0n) is 12.4. The van der Waals surface area contributed by atoms with Gasteiger partial charge in [-0.25, -0.2) is 5.43 Å². The van der Waals surface area contributed by atoms with Crippen molar-refractivity contribution < 1.29 is 14.3 Å². The van der Waals surface area contributed by atoms with Gasteiger partial charge in [-0.3, -0.25) is 0 Å². The summed E-state index contributed by atoms with van der Waals surface area (Å²) in [4.78, 5) is 3.98. The van der Waals surface area contributed by atoms with Crippen LogP contribution in [0.4, 0.5) is 5.88 Å². The van der Waals surface area contributed by atoms with Crippen LogP contribution in [0.3, 0.4) is 0 Å². The molecule has 0 aliphatic heterocycles. The van der Waals surface area contributed by atoms with Crippen molar-refractivity contribution in [1.82, 2.24) is 4.98 Å². The number of hydrogen-bond acceptors (Lipinski definition) is 7. The number of hydrazone groups is 1. The molecule has 2 rings (SSSR count). The van der Waals surface area contributed by atoms with Crippen LogP contribution in [0, 0.1) is 11.3 Å². The van der Waals surface area contributed by atoms with Gasteiger partial charge in [0.1, 0.15) is 6.07 Å². The number of hydrogen-bond donors (Lipinski definition) is 2. The van der Waals surface area contributed by atoms with E-state index in [4.69, 9.17) is 14.4 Å².